The van der Waals surface area contributed by atoms with Gasteiger partial charge in [-0.05, 0) is 50.2 Å². The topological polar surface area (TPSA) is 68.3 Å². The third-order valence-electron chi connectivity index (χ3n) is 5.52. The second-order valence-corrected chi connectivity index (χ2v) is 8.18. The zero-order valence-electron chi connectivity index (χ0n) is 16.4. The Balaban J connectivity index is 1.48. The molecule has 3 aromatic heterocycles. The van der Waals surface area contributed by atoms with Crippen LogP contribution in [0.3, 0.4) is 0 Å². The van der Waals surface area contributed by atoms with Gasteiger partial charge in [0.05, 0.1) is 21.6 Å². The molecule has 0 fully saturated rings. The minimum Gasteiger partial charge on any atom is -0.327 e. The smallest absolute Gasteiger partial charge is 0.254 e. The van der Waals surface area contributed by atoms with E-state index < -0.39 is 0 Å². The van der Waals surface area contributed by atoms with Gasteiger partial charge in [0, 0.05) is 24.3 Å². The zero-order valence-corrected chi connectivity index (χ0v) is 17.9. The van der Waals surface area contributed by atoms with Gasteiger partial charge in [0.15, 0.2) is 11.6 Å². The van der Waals surface area contributed by atoms with E-state index in [0.29, 0.717) is 34.5 Å². The van der Waals surface area contributed by atoms with Gasteiger partial charge < -0.3 is 9.47 Å². The van der Waals surface area contributed by atoms with Crippen molar-refractivity contribution in [3.63, 3.8) is 0 Å². The molecule has 152 valence electrons. The van der Waals surface area contributed by atoms with Crippen molar-refractivity contribution >= 4 is 34.6 Å². The monoisotopic (exact) mass is 440 g/mol. The third kappa shape index (κ3) is 2.97. The van der Waals surface area contributed by atoms with Crippen molar-refractivity contribution in [2.75, 3.05) is 6.54 Å². The number of hydrogen-bond donors (Lipinski definition) is 0. The van der Waals surface area contributed by atoms with Crippen LogP contribution in [-0.4, -0.2) is 41.7 Å². The number of aromatic nitrogens is 5. The normalized spacial score (nSPS) is 16.1. The first-order chi connectivity index (χ1) is 14.4. The molecule has 0 N–H and O–H groups in total. The number of pyridine rings is 1. The summed E-state index contributed by atoms with van der Waals surface area (Å²) in [5.74, 6) is 1.33. The summed E-state index contributed by atoms with van der Waals surface area (Å²) in [7, 11) is 0. The molecule has 1 unspecified atom stereocenters. The molecule has 0 saturated carbocycles. The lowest BCUT2D eigenvalue weighted by Gasteiger charge is -2.33. The molecule has 1 amide bonds. The Morgan fingerprint density at radius 2 is 1.90 bits per heavy atom. The van der Waals surface area contributed by atoms with Crippen LogP contribution in [0.4, 0.5) is 0 Å². The van der Waals surface area contributed by atoms with Gasteiger partial charge in [-0.2, -0.15) is 5.10 Å². The van der Waals surface area contributed by atoms with Crippen molar-refractivity contribution in [3.05, 3.63) is 69.6 Å². The molecule has 7 nitrogen and oxygen atoms in total. The lowest BCUT2D eigenvalue weighted by atomic mass is 10.1. The summed E-state index contributed by atoms with van der Waals surface area (Å²) in [6.45, 7) is 5.08. The Hall–Kier alpha value is -2.90. The van der Waals surface area contributed by atoms with Gasteiger partial charge in [0.25, 0.3) is 5.91 Å². The molecule has 9 heteroatoms. The van der Waals surface area contributed by atoms with E-state index in [1.165, 1.54) is 0 Å². The quantitative estimate of drug-likeness (QED) is 0.462. The van der Waals surface area contributed by atoms with Crippen LogP contribution in [0.15, 0.2) is 42.5 Å². The van der Waals surface area contributed by atoms with Gasteiger partial charge in [-0.1, -0.05) is 29.3 Å². The Kier molecular flexibility index (Phi) is 4.52. The minimum atomic E-state index is -0.235. The molecular weight excluding hydrogens is 423 g/mol. The van der Waals surface area contributed by atoms with Gasteiger partial charge in [0.1, 0.15) is 5.69 Å². The number of amides is 1. The summed E-state index contributed by atoms with van der Waals surface area (Å²) in [6, 6.07) is 12.7. The predicted molar refractivity (Wildman–Crippen MR) is 115 cm³/mol. The van der Waals surface area contributed by atoms with Crippen molar-refractivity contribution in [3.8, 4) is 11.5 Å². The average molecular weight is 441 g/mol. The maximum atomic E-state index is 13.1. The number of carbonyl (C=O) groups is 1. The number of fused-ring (bicyclic) bond motifs is 2. The van der Waals surface area contributed by atoms with E-state index in [9.17, 15) is 4.79 Å². The van der Waals surface area contributed by atoms with E-state index in [-0.39, 0.29) is 11.9 Å². The fourth-order valence-corrected chi connectivity index (χ4v) is 4.21. The van der Waals surface area contributed by atoms with Crippen LogP contribution in [0.2, 0.25) is 10.0 Å². The van der Waals surface area contributed by atoms with Crippen molar-refractivity contribution in [1.82, 2.24) is 29.3 Å². The van der Waals surface area contributed by atoms with Gasteiger partial charge in [-0.25, -0.2) is 4.52 Å². The van der Waals surface area contributed by atoms with Crippen molar-refractivity contribution < 1.29 is 4.79 Å². The Morgan fingerprint density at radius 1 is 1.07 bits per heavy atom. The lowest BCUT2D eigenvalue weighted by Crippen LogP contribution is -2.41. The first-order valence-electron chi connectivity index (χ1n) is 9.59. The van der Waals surface area contributed by atoms with Gasteiger partial charge >= 0.3 is 0 Å². The van der Waals surface area contributed by atoms with E-state index in [1.54, 1.807) is 23.1 Å². The second-order valence-electron chi connectivity index (χ2n) is 7.37. The molecule has 0 bridgehead atoms. The number of hydrogen-bond acceptors (Lipinski definition) is 4. The van der Waals surface area contributed by atoms with Crippen LogP contribution in [0.5, 0.6) is 0 Å². The summed E-state index contributed by atoms with van der Waals surface area (Å²) in [6.07, 6.45) is 0. The van der Waals surface area contributed by atoms with E-state index in [1.807, 2.05) is 47.2 Å². The summed E-state index contributed by atoms with van der Waals surface area (Å²) in [5.41, 5.74) is 3.31. The highest BCUT2D eigenvalue weighted by Gasteiger charge is 2.32. The first-order valence-corrected chi connectivity index (χ1v) is 10.3. The minimum absolute atomic E-state index is 0.111. The van der Waals surface area contributed by atoms with Crippen LogP contribution in [-0.2, 0) is 6.54 Å². The zero-order chi connectivity index (χ0) is 21.0. The Bertz CT molecular complexity index is 1290. The maximum absolute atomic E-state index is 13.1. The lowest BCUT2D eigenvalue weighted by molar-refractivity contribution is 0.0638. The molecular formula is C21H18Cl2N6O. The van der Waals surface area contributed by atoms with Crippen LogP contribution in [0.25, 0.3) is 17.0 Å². The third-order valence-corrected chi connectivity index (χ3v) is 6.26. The number of aryl methyl sites for hydroxylation is 1. The van der Waals surface area contributed by atoms with E-state index in [2.05, 4.69) is 10.2 Å². The van der Waals surface area contributed by atoms with E-state index in [4.69, 9.17) is 28.3 Å². The molecule has 0 spiro atoms. The molecule has 1 aliphatic heterocycles. The highest BCUT2D eigenvalue weighted by atomic mass is 35.5. The molecule has 0 aliphatic carbocycles. The van der Waals surface area contributed by atoms with Crippen LogP contribution < -0.4 is 0 Å². The number of rotatable bonds is 2. The fraction of sp³-hybridized carbons (Fsp3) is 0.238. The summed E-state index contributed by atoms with van der Waals surface area (Å²) < 4.78 is 3.93. The Morgan fingerprint density at radius 3 is 2.67 bits per heavy atom. The number of nitrogens with zero attached hydrogens (tertiary/aromatic N) is 6. The summed E-state index contributed by atoms with van der Waals surface area (Å²) in [4.78, 5) is 14.8. The van der Waals surface area contributed by atoms with Crippen molar-refractivity contribution in [2.45, 2.75) is 26.4 Å². The summed E-state index contributed by atoms with van der Waals surface area (Å²) >= 11 is 12.1. The molecule has 1 aliphatic rings. The van der Waals surface area contributed by atoms with Gasteiger partial charge in [0.2, 0.25) is 0 Å². The first kappa shape index (κ1) is 19.1. The average Bonchev–Trinajstić information content (AvgIpc) is 3.35. The summed E-state index contributed by atoms with van der Waals surface area (Å²) in [5, 5.41) is 14.3. The predicted octanol–water partition coefficient (Wildman–Crippen LogP) is 4.43. The maximum Gasteiger partial charge on any atom is 0.254 e. The SMILES string of the molecule is Cc1cccc2cc(-c3nnc4n3CCN(C(=O)c3ccc(Cl)c(Cl)c3)C4C)nn12. The molecule has 5 rings (SSSR count). The van der Waals surface area contributed by atoms with Crippen LogP contribution in [0, 0.1) is 6.92 Å². The highest BCUT2D eigenvalue weighted by Crippen LogP contribution is 2.31. The fourth-order valence-electron chi connectivity index (χ4n) is 3.91. The van der Waals surface area contributed by atoms with Gasteiger partial charge in [-0.3, -0.25) is 4.79 Å². The highest BCUT2D eigenvalue weighted by molar-refractivity contribution is 6.42. The molecule has 0 radical (unpaired) electrons. The molecule has 4 aromatic rings. The van der Waals surface area contributed by atoms with Gasteiger partial charge in [-0.15, -0.1) is 10.2 Å². The number of carbonyl (C=O) groups excluding carboxylic acids is 1. The molecule has 0 saturated heterocycles. The number of halogens is 2. The van der Waals surface area contributed by atoms with E-state index >= 15 is 0 Å². The molecule has 1 aromatic carbocycles. The Labute approximate surface area is 182 Å². The molecule has 30 heavy (non-hydrogen) atoms. The van der Waals surface area contributed by atoms with Crippen LogP contribution >= 0.6 is 23.2 Å². The van der Waals surface area contributed by atoms with Crippen molar-refractivity contribution in [2.24, 2.45) is 0 Å². The number of benzene rings is 1. The second kappa shape index (κ2) is 7.11. The largest absolute Gasteiger partial charge is 0.327 e. The molecule has 4 heterocycles. The van der Waals surface area contributed by atoms with Crippen molar-refractivity contribution in [1.29, 1.82) is 0 Å². The van der Waals surface area contributed by atoms with E-state index in [0.717, 1.165) is 22.7 Å². The van der Waals surface area contributed by atoms with Crippen LogP contribution in [0.1, 0.15) is 34.8 Å². The standard InChI is InChI=1S/C21H18Cl2N6O/c1-12-4-3-5-15-11-18(26-29(12)15)20-25-24-19-13(2)27(8-9-28(19)20)21(30)14-6-7-16(22)17(23)10-14/h3-7,10-11,13H,8-9H2,1-2H3. The molecule has 1 atom stereocenters.